The molecule has 2 aromatic heterocycles. The smallest absolute Gasteiger partial charge is 0.417 e. The number of hydrogen-bond acceptors (Lipinski definition) is 7. The van der Waals surface area contributed by atoms with Crippen molar-refractivity contribution in [3.8, 4) is 22.6 Å². The molecule has 0 aliphatic carbocycles. The van der Waals surface area contributed by atoms with Gasteiger partial charge in [0, 0.05) is 19.7 Å². The van der Waals surface area contributed by atoms with E-state index in [0.717, 1.165) is 20.9 Å². The van der Waals surface area contributed by atoms with Gasteiger partial charge in [-0.3, -0.25) is 0 Å². The average molecular weight is 783 g/mol. The number of esters is 1. The maximum atomic E-state index is 13.3. The highest BCUT2D eigenvalue weighted by Crippen LogP contribution is 2.39. The van der Waals surface area contributed by atoms with E-state index in [1.165, 1.54) is 49.6 Å². The molecule has 0 amide bonds. The fourth-order valence-electron chi connectivity index (χ4n) is 4.22. The lowest BCUT2D eigenvalue weighted by molar-refractivity contribution is -0.137. The van der Waals surface area contributed by atoms with E-state index in [-0.39, 0.29) is 28.7 Å². The summed E-state index contributed by atoms with van der Waals surface area (Å²) in [5.74, 6) is 0.626. The monoisotopic (exact) mass is 782 g/mol. The molecule has 5 aromatic rings. The zero-order valence-electron chi connectivity index (χ0n) is 25.1. The molecule has 13 heteroatoms. The number of benzene rings is 3. The first-order chi connectivity index (χ1) is 22.2. The largest absolute Gasteiger partial charge is 0.489 e. The van der Waals surface area contributed by atoms with Crippen LogP contribution in [0.4, 0.5) is 13.2 Å². The van der Waals surface area contributed by atoms with Gasteiger partial charge in [0.05, 0.1) is 12.7 Å². The maximum absolute atomic E-state index is 13.3. The molecule has 1 N–H and O–H groups in total. The first kappa shape index (κ1) is 35.4. The lowest BCUT2D eigenvalue weighted by Crippen LogP contribution is -2.07. The van der Waals surface area contributed by atoms with E-state index >= 15 is 0 Å². The third-order valence-electron chi connectivity index (χ3n) is 6.69. The predicted octanol–water partition coefficient (Wildman–Crippen LogP) is 9.76. The Bertz CT molecular complexity index is 1840. The maximum Gasteiger partial charge on any atom is 0.417 e. The van der Waals surface area contributed by atoms with Crippen LogP contribution < -0.4 is 9.47 Å². The summed E-state index contributed by atoms with van der Waals surface area (Å²) < 4.78 is 67.2. The van der Waals surface area contributed by atoms with Crippen LogP contribution in [-0.2, 0) is 24.1 Å². The second-order valence-electron chi connectivity index (χ2n) is 9.92. The summed E-state index contributed by atoms with van der Waals surface area (Å²) in [6, 6.07) is 20.5. The fraction of sp³-hybridized carbons (Fsp3) is 0.176. The number of carbonyl (C=O) groups excluding carboxylic acids is 1. The molecule has 0 aliphatic rings. The quantitative estimate of drug-likeness (QED) is 0.116. The van der Waals surface area contributed by atoms with Crippen LogP contribution in [0, 0.1) is 17.4 Å². The van der Waals surface area contributed by atoms with Gasteiger partial charge in [0.25, 0.3) is 0 Å². The van der Waals surface area contributed by atoms with Crippen LogP contribution in [-0.4, -0.2) is 24.2 Å². The highest BCUT2D eigenvalue weighted by atomic mass is 127. The molecule has 5 rings (SSSR count). The first-order valence-electron chi connectivity index (χ1n) is 13.7. The van der Waals surface area contributed by atoms with Gasteiger partial charge < -0.3 is 28.2 Å². The van der Waals surface area contributed by atoms with Gasteiger partial charge in [-0.1, -0.05) is 29.8 Å². The topological polar surface area (TPSA) is 108 Å². The van der Waals surface area contributed by atoms with Crippen LogP contribution in [0.25, 0.3) is 11.1 Å². The number of rotatable bonds is 9. The standard InChI is InChI=1S/C20H14ClF3O4.C14H13IO4/c1-11-13(8-18(28-11)19(25)26)10-27-15-5-2-12(3-6-15)16-7-4-14(21)9-17(16)20(22,23)24;1-9-10(7-13(19-9)14(16)17-2)8-18-12-5-3-11(15)4-6-12/h2-9H,10H2,1H3,(H,25,26);3-7H,8H2,1-2H3. The molecule has 0 atom stereocenters. The van der Waals surface area contributed by atoms with Crippen LogP contribution in [0.15, 0.2) is 87.7 Å². The van der Waals surface area contributed by atoms with Gasteiger partial charge in [-0.2, -0.15) is 13.2 Å². The molecule has 0 spiro atoms. The Labute approximate surface area is 286 Å². The van der Waals surface area contributed by atoms with Crippen molar-refractivity contribution in [1.29, 1.82) is 0 Å². The van der Waals surface area contributed by atoms with Gasteiger partial charge >= 0.3 is 18.1 Å². The van der Waals surface area contributed by atoms with E-state index in [1.807, 2.05) is 24.3 Å². The van der Waals surface area contributed by atoms with E-state index in [0.29, 0.717) is 35.0 Å². The number of aryl methyl sites for hydroxylation is 2. The molecular formula is C34H27ClF3IO8. The molecule has 0 saturated heterocycles. The van der Waals surface area contributed by atoms with Crippen LogP contribution in [0.5, 0.6) is 11.5 Å². The van der Waals surface area contributed by atoms with Crippen molar-refractivity contribution in [3.63, 3.8) is 0 Å². The third-order valence-corrected chi connectivity index (χ3v) is 7.65. The van der Waals surface area contributed by atoms with Crippen molar-refractivity contribution in [2.75, 3.05) is 7.11 Å². The Kier molecular flexibility index (Phi) is 11.6. The molecule has 0 aliphatic heterocycles. The number of methoxy groups -OCH3 is 1. The minimum absolute atomic E-state index is 0.00670. The highest BCUT2D eigenvalue weighted by Gasteiger charge is 2.34. The fourth-order valence-corrected chi connectivity index (χ4v) is 4.75. The first-order valence-corrected chi connectivity index (χ1v) is 15.2. The third kappa shape index (κ3) is 9.55. The van der Waals surface area contributed by atoms with Gasteiger partial charge in [-0.15, -0.1) is 0 Å². The van der Waals surface area contributed by atoms with Crippen LogP contribution >= 0.6 is 34.2 Å². The summed E-state index contributed by atoms with van der Waals surface area (Å²) in [4.78, 5) is 22.2. The summed E-state index contributed by atoms with van der Waals surface area (Å²) in [6.07, 6.45) is -4.53. The number of ether oxygens (including phenoxy) is 3. The normalized spacial score (nSPS) is 11.0. The highest BCUT2D eigenvalue weighted by molar-refractivity contribution is 14.1. The SMILES string of the molecule is COC(=O)c1cc(COc2ccc(I)cc2)c(C)o1.Cc1oc(C(=O)O)cc1COc1ccc(-c2ccc(Cl)cc2C(F)(F)F)cc1. The van der Waals surface area contributed by atoms with Crippen molar-refractivity contribution in [2.24, 2.45) is 0 Å². The molecule has 3 aromatic carbocycles. The molecule has 0 radical (unpaired) electrons. The van der Waals surface area contributed by atoms with Crippen LogP contribution in [0.2, 0.25) is 5.02 Å². The Hall–Kier alpha value is -4.43. The number of hydrogen-bond donors (Lipinski definition) is 1. The lowest BCUT2D eigenvalue weighted by atomic mass is 9.99. The van der Waals surface area contributed by atoms with E-state index in [9.17, 15) is 22.8 Å². The molecular weight excluding hydrogens is 756 g/mol. The van der Waals surface area contributed by atoms with Gasteiger partial charge in [0.2, 0.25) is 11.5 Å². The summed E-state index contributed by atoms with van der Waals surface area (Å²) in [7, 11) is 1.32. The zero-order chi connectivity index (χ0) is 34.3. The van der Waals surface area contributed by atoms with E-state index in [4.69, 9.17) is 35.0 Å². The van der Waals surface area contributed by atoms with Crippen molar-refractivity contribution in [1.82, 2.24) is 0 Å². The lowest BCUT2D eigenvalue weighted by Gasteiger charge is -2.14. The van der Waals surface area contributed by atoms with Gasteiger partial charge in [0.1, 0.15) is 36.2 Å². The summed E-state index contributed by atoms with van der Waals surface area (Å²) in [5.41, 5.74) is 0.964. The van der Waals surface area contributed by atoms with Crippen molar-refractivity contribution in [2.45, 2.75) is 33.2 Å². The summed E-state index contributed by atoms with van der Waals surface area (Å²) >= 11 is 7.94. The number of aromatic carboxylic acids is 1. The van der Waals surface area contributed by atoms with E-state index in [2.05, 4.69) is 27.3 Å². The minimum Gasteiger partial charge on any atom is -0.489 e. The number of carbonyl (C=O) groups is 2. The van der Waals surface area contributed by atoms with Crippen molar-refractivity contribution >= 4 is 46.1 Å². The Morgan fingerprint density at radius 3 is 1.81 bits per heavy atom. The Balaban J connectivity index is 0.000000229. The number of carboxylic acids is 1. The number of furan rings is 2. The molecule has 8 nitrogen and oxygen atoms in total. The second kappa shape index (κ2) is 15.4. The minimum atomic E-state index is -4.53. The second-order valence-corrected chi connectivity index (χ2v) is 11.6. The number of carboxylic acid groups (broad SMARTS) is 1. The zero-order valence-corrected chi connectivity index (χ0v) is 28.0. The molecule has 0 fully saturated rings. The summed E-state index contributed by atoms with van der Waals surface area (Å²) in [6.45, 7) is 3.83. The number of alkyl halides is 3. The number of halogens is 5. The summed E-state index contributed by atoms with van der Waals surface area (Å²) in [5, 5.41) is 8.93. The average Bonchev–Trinajstić information content (AvgIpc) is 3.61. The van der Waals surface area contributed by atoms with Crippen molar-refractivity contribution < 1.29 is 50.9 Å². The molecule has 0 saturated carbocycles. The molecule has 0 bridgehead atoms. The van der Waals surface area contributed by atoms with E-state index < -0.39 is 23.7 Å². The predicted molar refractivity (Wildman–Crippen MR) is 175 cm³/mol. The molecule has 2 heterocycles. The molecule has 0 unspecified atom stereocenters. The van der Waals surface area contributed by atoms with Crippen molar-refractivity contribution in [3.05, 3.63) is 127 Å². The van der Waals surface area contributed by atoms with Gasteiger partial charge in [0.15, 0.2) is 0 Å². The van der Waals surface area contributed by atoms with E-state index in [1.54, 1.807) is 19.9 Å². The molecule has 246 valence electrons. The van der Waals surface area contributed by atoms with Crippen LogP contribution in [0.3, 0.4) is 0 Å². The van der Waals surface area contributed by atoms with Gasteiger partial charge in [-0.05, 0) is 108 Å². The Morgan fingerprint density at radius 1 is 0.809 bits per heavy atom. The van der Waals surface area contributed by atoms with Gasteiger partial charge in [-0.25, -0.2) is 9.59 Å². The molecule has 47 heavy (non-hydrogen) atoms. The van der Waals surface area contributed by atoms with Crippen LogP contribution in [0.1, 0.15) is 49.3 Å². The Morgan fingerprint density at radius 2 is 1.32 bits per heavy atom.